The number of esters is 1. The van der Waals surface area contributed by atoms with Gasteiger partial charge in [0.05, 0.1) is 7.11 Å². The Hall–Kier alpha value is -0.860. The standard InChI is InChI=1S/C18H34O3/c1-3-4-5-6-7-8-9-11-14-17(19)15-12-10-13-16-18(20)21-2/h3-16H2,1-2H3. The van der Waals surface area contributed by atoms with Crippen LogP contribution >= 0.6 is 0 Å². The number of carbonyl (C=O) groups is 2. The summed E-state index contributed by atoms with van der Waals surface area (Å²) in [6.07, 6.45) is 14.8. The second-order valence-corrected chi connectivity index (χ2v) is 5.90. The van der Waals surface area contributed by atoms with Gasteiger partial charge in [-0.1, -0.05) is 58.3 Å². The SMILES string of the molecule is CCCCCCCCCCC(=O)CCCCCC(=O)OC. The van der Waals surface area contributed by atoms with Crippen molar-refractivity contribution in [2.24, 2.45) is 0 Å². The largest absolute Gasteiger partial charge is 0.469 e. The van der Waals surface area contributed by atoms with Crippen LogP contribution in [0.3, 0.4) is 0 Å². The number of hydrogen-bond acceptors (Lipinski definition) is 3. The van der Waals surface area contributed by atoms with Gasteiger partial charge in [-0.3, -0.25) is 9.59 Å². The summed E-state index contributed by atoms with van der Waals surface area (Å²) in [6, 6.07) is 0. The van der Waals surface area contributed by atoms with Crippen LogP contribution in [0.1, 0.15) is 96.8 Å². The second-order valence-electron chi connectivity index (χ2n) is 5.90. The van der Waals surface area contributed by atoms with Gasteiger partial charge in [-0.05, 0) is 19.3 Å². The highest BCUT2D eigenvalue weighted by molar-refractivity contribution is 5.78. The fourth-order valence-electron chi connectivity index (χ4n) is 2.45. The number of rotatable bonds is 15. The van der Waals surface area contributed by atoms with Crippen LogP contribution in [0.25, 0.3) is 0 Å². The van der Waals surface area contributed by atoms with E-state index >= 15 is 0 Å². The molecule has 0 aliphatic carbocycles. The number of ether oxygens (including phenoxy) is 1. The molecule has 0 bridgehead atoms. The van der Waals surface area contributed by atoms with E-state index in [1.165, 1.54) is 52.1 Å². The molecule has 0 aromatic carbocycles. The van der Waals surface area contributed by atoms with E-state index in [-0.39, 0.29) is 5.97 Å². The maximum Gasteiger partial charge on any atom is 0.305 e. The summed E-state index contributed by atoms with van der Waals surface area (Å²) in [6.45, 7) is 2.24. The third kappa shape index (κ3) is 15.3. The van der Waals surface area contributed by atoms with Crippen LogP contribution in [0.4, 0.5) is 0 Å². The predicted molar refractivity (Wildman–Crippen MR) is 87.3 cm³/mol. The van der Waals surface area contributed by atoms with Crippen LogP contribution in [0, 0.1) is 0 Å². The lowest BCUT2D eigenvalue weighted by Gasteiger charge is -2.03. The van der Waals surface area contributed by atoms with Crippen LogP contribution in [-0.2, 0) is 14.3 Å². The summed E-state index contributed by atoms with van der Waals surface area (Å²) in [4.78, 5) is 22.6. The molecule has 21 heavy (non-hydrogen) atoms. The van der Waals surface area contributed by atoms with Gasteiger partial charge in [0.2, 0.25) is 0 Å². The van der Waals surface area contributed by atoms with Gasteiger partial charge in [0.25, 0.3) is 0 Å². The lowest BCUT2D eigenvalue weighted by molar-refractivity contribution is -0.140. The minimum atomic E-state index is -0.153. The van der Waals surface area contributed by atoms with Gasteiger partial charge in [0.1, 0.15) is 5.78 Å². The summed E-state index contributed by atoms with van der Waals surface area (Å²) >= 11 is 0. The Kier molecular flexibility index (Phi) is 14.9. The maximum absolute atomic E-state index is 11.7. The molecule has 0 unspecified atom stereocenters. The monoisotopic (exact) mass is 298 g/mol. The second kappa shape index (κ2) is 15.5. The van der Waals surface area contributed by atoms with Gasteiger partial charge in [-0.2, -0.15) is 0 Å². The van der Waals surface area contributed by atoms with Gasteiger partial charge in [0, 0.05) is 19.3 Å². The Bertz CT molecular complexity index is 261. The van der Waals surface area contributed by atoms with Crippen molar-refractivity contribution in [1.82, 2.24) is 0 Å². The highest BCUT2D eigenvalue weighted by atomic mass is 16.5. The molecule has 0 amide bonds. The van der Waals surface area contributed by atoms with E-state index in [2.05, 4.69) is 11.7 Å². The average molecular weight is 298 g/mol. The zero-order chi connectivity index (χ0) is 15.8. The third-order valence-corrected chi connectivity index (χ3v) is 3.87. The Balaban J connectivity index is 3.22. The van der Waals surface area contributed by atoms with Crippen molar-refractivity contribution in [3.05, 3.63) is 0 Å². The van der Waals surface area contributed by atoms with Gasteiger partial charge in [0.15, 0.2) is 0 Å². The topological polar surface area (TPSA) is 43.4 Å². The lowest BCUT2D eigenvalue weighted by Crippen LogP contribution is -2.00. The number of hydrogen-bond donors (Lipinski definition) is 0. The number of Topliss-reactive ketones (excluding diaryl/α,β-unsaturated/α-hetero) is 1. The Morgan fingerprint density at radius 1 is 0.667 bits per heavy atom. The summed E-state index contributed by atoms with van der Waals surface area (Å²) in [5.41, 5.74) is 0. The molecule has 3 nitrogen and oxygen atoms in total. The molecule has 0 saturated heterocycles. The predicted octanol–water partition coefficient (Wildman–Crippen LogP) is 5.21. The zero-order valence-electron chi connectivity index (χ0n) is 14.1. The van der Waals surface area contributed by atoms with E-state index in [9.17, 15) is 9.59 Å². The molecule has 0 N–H and O–H groups in total. The van der Waals surface area contributed by atoms with Crippen molar-refractivity contribution in [2.45, 2.75) is 96.8 Å². The minimum Gasteiger partial charge on any atom is -0.469 e. The van der Waals surface area contributed by atoms with Gasteiger partial charge in [-0.15, -0.1) is 0 Å². The van der Waals surface area contributed by atoms with E-state index in [4.69, 9.17) is 0 Å². The smallest absolute Gasteiger partial charge is 0.305 e. The van der Waals surface area contributed by atoms with E-state index in [0.717, 1.165) is 32.1 Å². The van der Waals surface area contributed by atoms with Crippen LogP contribution in [0.5, 0.6) is 0 Å². The molecule has 0 saturated carbocycles. The molecule has 0 aromatic heterocycles. The highest BCUT2D eigenvalue weighted by Gasteiger charge is 2.03. The van der Waals surface area contributed by atoms with Gasteiger partial charge >= 0.3 is 5.97 Å². The molecule has 0 radical (unpaired) electrons. The molecule has 0 atom stereocenters. The van der Waals surface area contributed by atoms with Crippen LogP contribution < -0.4 is 0 Å². The number of carbonyl (C=O) groups excluding carboxylic acids is 2. The highest BCUT2D eigenvalue weighted by Crippen LogP contribution is 2.11. The van der Waals surface area contributed by atoms with Gasteiger partial charge in [-0.25, -0.2) is 0 Å². The summed E-state index contributed by atoms with van der Waals surface area (Å²) in [7, 11) is 1.41. The fourth-order valence-corrected chi connectivity index (χ4v) is 2.45. The number of methoxy groups -OCH3 is 1. The number of unbranched alkanes of at least 4 members (excludes halogenated alkanes) is 9. The molecular formula is C18H34O3. The van der Waals surface area contributed by atoms with E-state index in [1.54, 1.807) is 0 Å². The van der Waals surface area contributed by atoms with Crippen molar-refractivity contribution in [3.8, 4) is 0 Å². The molecule has 124 valence electrons. The molecule has 3 heteroatoms. The summed E-state index contributed by atoms with van der Waals surface area (Å²) in [5.74, 6) is 0.235. The molecule has 0 spiro atoms. The van der Waals surface area contributed by atoms with Crippen molar-refractivity contribution in [1.29, 1.82) is 0 Å². The van der Waals surface area contributed by atoms with Crippen LogP contribution in [-0.4, -0.2) is 18.9 Å². The molecule has 0 heterocycles. The van der Waals surface area contributed by atoms with Gasteiger partial charge < -0.3 is 4.74 Å². The minimum absolute atomic E-state index is 0.153. The normalized spacial score (nSPS) is 10.6. The quantitative estimate of drug-likeness (QED) is 0.308. The molecule has 0 rings (SSSR count). The van der Waals surface area contributed by atoms with Crippen LogP contribution in [0.15, 0.2) is 0 Å². The van der Waals surface area contributed by atoms with Crippen LogP contribution in [0.2, 0.25) is 0 Å². The lowest BCUT2D eigenvalue weighted by atomic mass is 10.0. The fraction of sp³-hybridized carbons (Fsp3) is 0.889. The first kappa shape index (κ1) is 20.1. The van der Waals surface area contributed by atoms with Crippen molar-refractivity contribution < 1.29 is 14.3 Å². The van der Waals surface area contributed by atoms with E-state index in [0.29, 0.717) is 18.6 Å². The average Bonchev–Trinajstić information content (AvgIpc) is 2.49. The molecule has 0 aliphatic rings. The Morgan fingerprint density at radius 3 is 1.62 bits per heavy atom. The first-order chi connectivity index (χ1) is 10.2. The van der Waals surface area contributed by atoms with Crippen molar-refractivity contribution in [2.75, 3.05) is 7.11 Å². The number of ketones is 1. The summed E-state index contributed by atoms with van der Waals surface area (Å²) in [5, 5.41) is 0. The Labute approximate surface area is 130 Å². The molecule has 0 aliphatic heterocycles. The van der Waals surface area contributed by atoms with E-state index in [1.807, 2.05) is 0 Å². The van der Waals surface area contributed by atoms with Crippen molar-refractivity contribution in [3.63, 3.8) is 0 Å². The first-order valence-electron chi connectivity index (χ1n) is 8.79. The maximum atomic E-state index is 11.7. The van der Waals surface area contributed by atoms with Crippen molar-refractivity contribution >= 4 is 11.8 Å². The summed E-state index contributed by atoms with van der Waals surface area (Å²) < 4.78 is 4.58. The molecule has 0 aromatic rings. The Morgan fingerprint density at radius 2 is 1.10 bits per heavy atom. The van der Waals surface area contributed by atoms with E-state index < -0.39 is 0 Å². The molecular weight excluding hydrogens is 264 g/mol. The molecule has 0 fully saturated rings. The first-order valence-corrected chi connectivity index (χ1v) is 8.79. The third-order valence-electron chi connectivity index (χ3n) is 3.87. The zero-order valence-corrected chi connectivity index (χ0v) is 14.1.